The zero-order chi connectivity index (χ0) is 14.0. The number of benzene rings is 2. The van der Waals surface area contributed by atoms with E-state index in [1.165, 1.54) is 6.07 Å². The number of hydrogen-bond acceptors (Lipinski definition) is 2. The zero-order valence-electron chi connectivity index (χ0n) is 10.8. The van der Waals surface area contributed by atoms with Crippen LogP contribution in [0.15, 0.2) is 30.3 Å². The quantitative estimate of drug-likeness (QED) is 0.872. The molecule has 2 nitrogen and oxygen atoms in total. The number of phenolic OH excluding ortho intramolecular Hbond substituents is 1. The molecule has 19 heavy (non-hydrogen) atoms. The van der Waals surface area contributed by atoms with E-state index in [9.17, 15) is 9.50 Å². The van der Waals surface area contributed by atoms with Crippen molar-refractivity contribution >= 4 is 17.3 Å². The van der Waals surface area contributed by atoms with Crippen LogP contribution < -0.4 is 5.32 Å². The van der Waals surface area contributed by atoms with Crippen molar-refractivity contribution < 1.29 is 9.50 Å². The van der Waals surface area contributed by atoms with Crippen molar-refractivity contribution in [1.29, 1.82) is 0 Å². The van der Waals surface area contributed by atoms with Gasteiger partial charge in [-0.2, -0.15) is 0 Å². The second-order valence-electron chi connectivity index (χ2n) is 4.47. The van der Waals surface area contributed by atoms with Crippen LogP contribution in [0, 0.1) is 19.7 Å². The van der Waals surface area contributed by atoms with Crippen LogP contribution in [0.5, 0.6) is 5.75 Å². The van der Waals surface area contributed by atoms with Gasteiger partial charge in [0.05, 0.1) is 5.02 Å². The van der Waals surface area contributed by atoms with E-state index in [0.717, 1.165) is 16.8 Å². The highest BCUT2D eigenvalue weighted by molar-refractivity contribution is 6.30. The number of rotatable bonds is 3. The Morgan fingerprint density at radius 1 is 1.21 bits per heavy atom. The van der Waals surface area contributed by atoms with E-state index in [4.69, 9.17) is 11.6 Å². The number of phenols is 1. The highest BCUT2D eigenvalue weighted by Crippen LogP contribution is 2.28. The Morgan fingerprint density at radius 2 is 1.95 bits per heavy atom. The number of hydrogen-bond donors (Lipinski definition) is 2. The van der Waals surface area contributed by atoms with Gasteiger partial charge in [0, 0.05) is 23.4 Å². The first kappa shape index (κ1) is 13.7. The summed E-state index contributed by atoms with van der Waals surface area (Å²) in [6, 6.07) is 8.59. The number of halogens is 2. The molecule has 0 saturated heterocycles. The molecule has 0 aliphatic carbocycles. The molecule has 0 atom stereocenters. The van der Waals surface area contributed by atoms with Crippen LogP contribution in [0.1, 0.15) is 16.7 Å². The summed E-state index contributed by atoms with van der Waals surface area (Å²) in [5.74, 6) is -0.151. The summed E-state index contributed by atoms with van der Waals surface area (Å²) < 4.78 is 13.7. The van der Waals surface area contributed by atoms with Crippen LogP contribution in [-0.4, -0.2) is 5.11 Å². The predicted octanol–water partition coefficient (Wildman–Crippen LogP) is 4.41. The molecule has 0 amide bonds. The van der Waals surface area contributed by atoms with Gasteiger partial charge in [-0.25, -0.2) is 4.39 Å². The van der Waals surface area contributed by atoms with Crippen molar-refractivity contribution in [3.05, 3.63) is 57.9 Å². The normalized spacial score (nSPS) is 10.5. The second-order valence-corrected chi connectivity index (χ2v) is 4.88. The molecule has 0 aliphatic rings. The highest BCUT2D eigenvalue weighted by Gasteiger charge is 2.08. The topological polar surface area (TPSA) is 32.3 Å². The fourth-order valence-corrected chi connectivity index (χ4v) is 2.10. The third-order valence-corrected chi connectivity index (χ3v) is 3.43. The number of anilines is 1. The predicted molar refractivity (Wildman–Crippen MR) is 76.3 cm³/mol. The third-order valence-electron chi connectivity index (χ3n) is 3.13. The van der Waals surface area contributed by atoms with Gasteiger partial charge in [-0.05, 0) is 31.5 Å². The molecule has 0 aliphatic heterocycles. The van der Waals surface area contributed by atoms with Gasteiger partial charge in [-0.3, -0.25) is 0 Å². The molecule has 0 spiro atoms. The largest absolute Gasteiger partial charge is 0.507 e. The molecule has 2 aromatic rings. The first-order chi connectivity index (χ1) is 9.00. The Balaban J connectivity index is 2.20. The maximum atomic E-state index is 13.7. The average Bonchev–Trinajstić information content (AvgIpc) is 2.40. The molecule has 0 radical (unpaired) electrons. The number of aromatic hydroxyl groups is 1. The third kappa shape index (κ3) is 2.82. The van der Waals surface area contributed by atoms with E-state index in [0.29, 0.717) is 12.1 Å². The minimum Gasteiger partial charge on any atom is -0.507 e. The molecule has 0 aromatic heterocycles. The van der Waals surface area contributed by atoms with E-state index >= 15 is 0 Å². The number of aryl methyl sites for hydroxylation is 1. The Labute approximate surface area is 116 Å². The Morgan fingerprint density at radius 3 is 2.68 bits per heavy atom. The monoisotopic (exact) mass is 279 g/mol. The minimum absolute atomic E-state index is 0.114. The van der Waals surface area contributed by atoms with Crippen molar-refractivity contribution in [3.8, 4) is 5.75 Å². The summed E-state index contributed by atoms with van der Waals surface area (Å²) in [6.45, 7) is 3.97. The minimum atomic E-state index is -0.411. The van der Waals surface area contributed by atoms with Gasteiger partial charge in [0.15, 0.2) is 0 Å². The lowest BCUT2D eigenvalue weighted by Crippen LogP contribution is -2.03. The molecule has 0 fully saturated rings. The smallest absolute Gasteiger partial charge is 0.146 e. The lowest BCUT2D eigenvalue weighted by atomic mass is 10.1. The van der Waals surface area contributed by atoms with Crippen LogP contribution in [0.4, 0.5) is 10.1 Å². The van der Waals surface area contributed by atoms with Crippen molar-refractivity contribution in [2.45, 2.75) is 20.4 Å². The van der Waals surface area contributed by atoms with E-state index < -0.39 is 5.82 Å². The molecule has 4 heteroatoms. The van der Waals surface area contributed by atoms with Crippen LogP contribution in [0.25, 0.3) is 0 Å². The van der Waals surface area contributed by atoms with Crippen molar-refractivity contribution in [2.75, 3.05) is 5.32 Å². The average molecular weight is 280 g/mol. The molecule has 100 valence electrons. The maximum Gasteiger partial charge on any atom is 0.146 e. The summed E-state index contributed by atoms with van der Waals surface area (Å²) >= 11 is 5.73. The van der Waals surface area contributed by atoms with Crippen LogP contribution in [0.2, 0.25) is 5.02 Å². The first-order valence-corrected chi connectivity index (χ1v) is 6.34. The van der Waals surface area contributed by atoms with Gasteiger partial charge >= 0.3 is 0 Å². The number of nitrogens with one attached hydrogen (secondary N) is 1. The Hall–Kier alpha value is -1.74. The standard InChI is InChI=1S/C15H15ClFNO/c1-9-6-7-13(10(2)15(9)19)18-8-11-4-3-5-12(16)14(11)17/h3-7,18-19H,8H2,1-2H3. The summed E-state index contributed by atoms with van der Waals surface area (Å²) in [5.41, 5.74) is 2.84. The lowest BCUT2D eigenvalue weighted by Gasteiger charge is -2.13. The molecular weight excluding hydrogens is 265 g/mol. The summed E-state index contributed by atoms with van der Waals surface area (Å²) in [4.78, 5) is 0. The second kappa shape index (κ2) is 5.49. The molecule has 2 rings (SSSR count). The van der Waals surface area contributed by atoms with E-state index in [1.807, 2.05) is 26.0 Å². The molecule has 2 aromatic carbocycles. The lowest BCUT2D eigenvalue weighted by molar-refractivity contribution is 0.467. The van der Waals surface area contributed by atoms with E-state index in [2.05, 4.69) is 5.32 Å². The van der Waals surface area contributed by atoms with Gasteiger partial charge in [-0.15, -0.1) is 0 Å². The van der Waals surface area contributed by atoms with Crippen molar-refractivity contribution in [2.24, 2.45) is 0 Å². The van der Waals surface area contributed by atoms with Gasteiger partial charge < -0.3 is 10.4 Å². The summed E-state index contributed by atoms with van der Waals surface area (Å²) in [6.07, 6.45) is 0. The van der Waals surface area contributed by atoms with Gasteiger partial charge in [-0.1, -0.05) is 29.8 Å². The van der Waals surface area contributed by atoms with Crippen molar-refractivity contribution in [3.63, 3.8) is 0 Å². The fraction of sp³-hybridized carbons (Fsp3) is 0.200. The van der Waals surface area contributed by atoms with Crippen molar-refractivity contribution in [1.82, 2.24) is 0 Å². The molecule has 0 unspecified atom stereocenters. The Bertz CT molecular complexity index is 613. The molecular formula is C15H15ClFNO. The fourth-order valence-electron chi connectivity index (χ4n) is 1.90. The van der Waals surface area contributed by atoms with Crippen LogP contribution >= 0.6 is 11.6 Å². The van der Waals surface area contributed by atoms with Gasteiger partial charge in [0.25, 0.3) is 0 Å². The molecule has 2 N–H and O–H groups in total. The first-order valence-electron chi connectivity index (χ1n) is 5.96. The Kier molecular flexibility index (Phi) is 3.96. The summed E-state index contributed by atoms with van der Waals surface area (Å²) in [5, 5.41) is 13.1. The van der Waals surface area contributed by atoms with Gasteiger partial charge in [0.2, 0.25) is 0 Å². The molecule has 0 bridgehead atoms. The summed E-state index contributed by atoms with van der Waals surface area (Å²) in [7, 11) is 0. The van der Waals surface area contributed by atoms with Crippen LogP contribution in [-0.2, 0) is 6.54 Å². The SMILES string of the molecule is Cc1ccc(NCc2cccc(Cl)c2F)c(C)c1O. The highest BCUT2D eigenvalue weighted by atomic mass is 35.5. The maximum absolute atomic E-state index is 13.7. The molecule has 0 saturated carbocycles. The zero-order valence-corrected chi connectivity index (χ0v) is 11.6. The van der Waals surface area contributed by atoms with Crippen LogP contribution in [0.3, 0.4) is 0 Å². The van der Waals surface area contributed by atoms with E-state index in [1.54, 1.807) is 12.1 Å². The van der Waals surface area contributed by atoms with E-state index in [-0.39, 0.29) is 10.8 Å². The van der Waals surface area contributed by atoms with Gasteiger partial charge in [0.1, 0.15) is 11.6 Å². The molecule has 0 heterocycles.